The van der Waals surface area contributed by atoms with Crippen LogP contribution in [0, 0.1) is 0 Å². The van der Waals surface area contributed by atoms with Crippen LogP contribution < -0.4 is 0 Å². The molecule has 0 saturated heterocycles. The van der Waals surface area contributed by atoms with Crippen LogP contribution in [0.4, 0.5) is 0 Å². The second-order valence-electron chi connectivity index (χ2n) is 17.4. The number of aromatic nitrogens is 2. The smallest absolute Gasteiger partial charge is 0.145 e. The van der Waals surface area contributed by atoms with Gasteiger partial charge >= 0.3 is 0 Å². The van der Waals surface area contributed by atoms with Crippen molar-refractivity contribution in [2.75, 3.05) is 0 Å². The Morgan fingerprint density at radius 3 is 1.66 bits per heavy atom. The minimum atomic E-state index is -0.431. The van der Waals surface area contributed by atoms with E-state index in [9.17, 15) is 0 Å². The summed E-state index contributed by atoms with van der Waals surface area (Å²) < 4.78 is 4.93. The molecular formula is C62H38N2S. The van der Waals surface area contributed by atoms with Gasteiger partial charge in [0.1, 0.15) is 5.82 Å². The number of hydrogen-bond acceptors (Lipinski definition) is 2. The summed E-state index contributed by atoms with van der Waals surface area (Å²) in [5.74, 6) is 0.910. The zero-order valence-electron chi connectivity index (χ0n) is 35.2. The summed E-state index contributed by atoms with van der Waals surface area (Å²) in [4.78, 5) is 5.45. The number of imidazole rings is 1. The second-order valence-corrected chi connectivity index (χ2v) is 18.5. The molecule has 2 nitrogen and oxygen atoms in total. The summed E-state index contributed by atoms with van der Waals surface area (Å²) in [7, 11) is 0. The zero-order valence-corrected chi connectivity index (χ0v) is 36.1. The molecule has 65 heavy (non-hydrogen) atoms. The summed E-state index contributed by atoms with van der Waals surface area (Å²) in [5.41, 5.74) is 19.1. The van der Waals surface area contributed by atoms with E-state index < -0.39 is 5.41 Å². The van der Waals surface area contributed by atoms with E-state index in [2.05, 4.69) is 235 Å². The maximum absolute atomic E-state index is 5.45. The topological polar surface area (TPSA) is 17.8 Å². The van der Waals surface area contributed by atoms with E-state index in [4.69, 9.17) is 4.98 Å². The van der Waals surface area contributed by atoms with Gasteiger partial charge in [0.05, 0.1) is 16.8 Å². The molecule has 0 N–H and O–H groups in total. The van der Waals surface area contributed by atoms with E-state index in [1.165, 1.54) is 86.6 Å². The molecule has 0 amide bonds. The molecule has 12 aromatic rings. The van der Waals surface area contributed by atoms with Crippen LogP contribution in [0.3, 0.4) is 0 Å². The average molecular weight is 843 g/mol. The first-order chi connectivity index (χ1) is 32.2. The van der Waals surface area contributed by atoms with Crippen molar-refractivity contribution >= 4 is 42.3 Å². The highest BCUT2D eigenvalue weighted by Gasteiger charge is 2.50. The fourth-order valence-electron chi connectivity index (χ4n) is 11.3. The third-order valence-electron chi connectivity index (χ3n) is 14.0. The number of rotatable bonds is 5. The second kappa shape index (κ2) is 13.9. The van der Waals surface area contributed by atoms with Gasteiger partial charge in [-0.15, -0.1) is 11.3 Å². The van der Waals surface area contributed by atoms with Gasteiger partial charge in [-0.2, -0.15) is 0 Å². The van der Waals surface area contributed by atoms with Crippen LogP contribution in [0.2, 0.25) is 0 Å². The first kappa shape index (κ1) is 36.4. The van der Waals surface area contributed by atoms with Crippen LogP contribution in [-0.2, 0) is 5.41 Å². The SMILES string of the molecule is c1ccc(-c2nc(-c3ccc(-c4ccc5c(c4)sc4cc6c(cc45)C4(c5ccccc5-c5ccccc54)c4cccc5cccc-6c45)cc3)n(-c3ccccc3)c2-c2ccccc2)cc1. The molecule has 0 unspecified atom stereocenters. The highest BCUT2D eigenvalue weighted by molar-refractivity contribution is 7.25. The van der Waals surface area contributed by atoms with Crippen LogP contribution >= 0.6 is 11.3 Å². The van der Waals surface area contributed by atoms with Crippen LogP contribution in [0.1, 0.15) is 22.3 Å². The van der Waals surface area contributed by atoms with E-state index in [1.54, 1.807) is 0 Å². The van der Waals surface area contributed by atoms with Crippen molar-refractivity contribution in [3.63, 3.8) is 0 Å². The maximum atomic E-state index is 5.45. The molecular weight excluding hydrogens is 805 g/mol. The van der Waals surface area contributed by atoms with Gasteiger partial charge in [-0.1, -0.05) is 200 Å². The van der Waals surface area contributed by atoms with E-state index >= 15 is 0 Å². The van der Waals surface area contributed by atoms with Gasteiger partial charge in [-0.05, 0) is 96.7 Å². The van der Waals surface area contributed by atoms with E-state index in [-0.39, 0.29) is 0 Å². The number of hydrogen-bond donors (Lipinski definition) is 0. The van der Waals surface area contributed by atoms with Crippen molar-refractivity contribution in [3.8, 4) is 73.0 Å². The molecule has 2 aliphatic rings. The lowest BCUT2D eigenvalue weighted by molar-refractivity contribution is 0.775. The normalized spacial score (nSPS) is 13.0. The largest absolute Gasteiger partial charge is 0.292 e. The Morgan fingerprint density at radius 2 is 0.938 bits per heavy atom. The first-order valence-corrected chi connectivity index (χ1v) is 23.2. The Hall–Kier alpha value is -8.11. The Kier molecular flexibility index (Phi) is 7.80. The monoisotopic (exact) mass is 842 g/mol. The molecule has 2 aromatic heterocycles. The molecule has 0 atom stereocenters. The Labute approximate surface area is 381 Å². The summed E-state index contributed by atoms with van der Waals surface area (Å²) >= 11 is 1.90. The Balaban J connectivity index is 0.923. The fraction of sp³-hybridized carbons (Fsp3) is 0.0161. The van der Waals surface area contributed by atoms with Crippen molar-refractivity contribution in [1.82, 2.24) is 9.55 Å². The lowest BCUT2D eigenvalue weighted by Crippen LogP contribution is -2.31. The Morgan fingerprint density at radius 1 is 0.369 bits per heavy atom. The van der Waals surface area contributed by atoms with Gasteiger partial charge in [0.25, 0.3) is 0 Å². The van der Waals surface area contributed by atoms with E-state index in [0.717, 1.165) is 39.6 Å². The molecule has 1 spiro atoms. The lowest BCUT2D eigenvalue weighted by Gasteiger charge is -2.40. The molecule has 10 aromatic carbocycles. The maximum Gasteiger partial charge on any atom is 0.145 e. The average Bonchev–Trinajstić information content (AvgIpc) is 4.05. The van der Waals surface area contributed by atoms with Gasteiger partial charge < -0.3 is 0 Å². The third kappa shape index (κ3) is 5.19. The Bertz CT molecular complexity index is 3810. The van der Waals surface area contributed by atoms with Gasteiger partial charge in [-0.25, -0.2) is 4.98 Å². The molecule has 14 rings (SSSR count). The molecule has 0 radical (unpaired) electrons. The minimum Gasteiger partial charge on any atom is -0.292 e. The number of fused-ring (bicyclic) bond motifs is 12. The fourth-order valence-corrected chi connectivity index (χ4v) is 12.5. The lowest BCUT2D eigenvalue weighted by atomic mass is 9.61. The predicted molar refractivity (Wildman–Crippen MR) is 272 cm³/mol. The van der Waals surface area contributed by atoms with Crippen LogP contribution in [0.5, 0.6) is 0 Å². The van der Waals surface area contributed by atoms with Crippen molar-refractivity contribution in [3.05, 3.63) is 253 Å². The zero-order chi connectivity index (χ0) is 42.6. The molecule has 2 aliphatic carbocycles. The number of para-hydroxylation sites is 1. The van der Waals surface area contributed by atoms with Crippen LogP contribution in [-0.4, -0.2) is 9.55 Å². The van der Waals surface area contributed by atoms with Crippen molar-refractivity contribution < 1.29 is 0 Å². The third-order valence-corrected chi connectivity index (χ3v) is 15.1. The van der Waals surface area contributed by atoms with Crippen molar-refractivity contribution in [2.45, 2.75) is 5.41 Å². The van der Waals surface area contributed by atoms with Gasteiger partial charge in [0.15, 0.2) is 0 Å². The van der Waals surface area contributed by atoms with E-state index in [0.29, 0.717) is 0 Å². The van der Waals surface area contributed by atoms with Crippen molar-refractivity contribution in [2.24, 2.45) is 0 Å². The van der Waals surface area contributed by atoms with E-state index in [1.807, 2.05) is 11.3 Å². The quantitative estimate of drug-likeness (QED) is 0.169. The highest BCUT2D eigenvalue weighted by atomic mass is 32.1. The molecule has 2 heterocycles. The molecule has 0 bridgehead atoms. The summed E-state index contributed by atoms with van der Waals surface area (Å²) in [6.45, 7) is 0. The summed E-state index contributed by atoms with van der Waals surface area (Å²) in [6.07, 6.45) is 0. The number of nitrogens with zero attached hydrogens (tertiary/aromatic N) is 2. The molecule has 0 aliphatic heterocycles. The van der Waals surface area contributed by atoms with Gasteiger partial charge in [0, 0.05) is 42.6 Å². The summed E-state index contributed by atoms with van der Waals surface area (Å²) in [5, 5.41) is 5.26. The molecule has 0 fully saturated rings. The molecule has 0 saturated carbocycles. The number of benzene rings is 10. The van der Waals surface area contributed by atoms with Crippen molar-refractivity contribution in [1.29, 1.82) is 0 Å². The molecule has 3 heteroatoms. The van der Waals surface area contributed by atoms with Crippen LogP contribution in [0.15, 0.2) is 231 Å². The predicted octanol–water partition coefficient (Wildman–Crippen LogP) is 16.4. The van der Waals surface area contributed by atoms with Gasteiger partial charge in [0.2, 0.25) is 0 Å². The molecule has 302 valence electrons. The van der Waals surface area contributed by atoms with Gasteiger partial charge in [-0.3, -0.25) is 4.57 Å². The standard InChI is InChI=1S/C62H38N2S/c1-4-16-41(17-5-1)59-60(42-18-6-2-7-19-42)64(45-22-8-3-9-23-45)61(63-59)43-32-30-39(31-33-43)44-34-35-48-51-37-55-50(38-57(51)65-56(48)36-44)49-26-14-20-40-21-15-29-54(58(40)49)62(55)52-27-12-10-24-46(52)47-25-11-13-28-53(47)62/h1-38H. The minimum absolute atomic E-state index is 0.431. The first-order valence-electron chi connectivity index (χ1n) is 22.4. The van der Waals surface area contributed by atoms with Crippen LogP contribution in [0.25, 0.3) is 104 Å². The highest BCUT2D eigenvalue weighted by Crippen LogP contribution is 2.62. The number of thiophene rings is 1. The summed E-state index contributed by atoms with van der Waals surface area (Å²) in [6, 6.07) is 84.9.